The van der Waals surface area contributed by atoms with E-state index in [1.165, 1.54) is 50.5 Å². The van der Waals surface area contributed by atoms with E-state index in [9.17, 15) is 43.1 Å². The number of hydrogen-bond donors (Lipinski definition) is 5. The predicted octanol–water partition coefficient (Wildman–Crippen LogP) is 5.82. The molecule has 6 aliphatic heterocycles. The Morgan fingerprint density at radius 3 is 1.10 bits per heavy atom. The molecule has 5 N–H and O–H groups in total. The number of H-pyrrole nitrogens is 3. The van der Waals surface area contributed by atoms with Crippen LogP contribution in [0.15, 0.2) is 65.6 Å². The lowest BCUT2D eigenvalue weighted by Gasteiger charge is -2.38. The molecule has 29 heteroatoms. The molecular formula is C54H86N6O20P2S. The molecule has 0 aliphatic carbocycles. The average Bonchev–Trinajstić information content (AvgIpc) is 1.80. The van der Waals surface area contributed by atoms with Crippen LogP contribution in [-0.4, -0.2) is 128 Å². The Kier molecular flexibility index (Phi) is 18.7. The van der Waals surface area contributed by atoms with Crippen molar-refractivity contribution in [2.75, 3.05) is 19.8 Å². The number of nitrogens with zero attached hydrogens (tertiary/aromatic N) is 3. The van der Waals surface area contributed by atoms with E-state index in [1.54, 1.807) is 41.5 Å². The van der Waals surface area contributed by atoms with Gasteiger partial charge in [-0.05, 0) is 110 Å². The number of fused-ring (bicyclic) bond motifs is 6. The summed E-state index contributed by atoms with van der Waals surface area (Å²) < 4.78 is 81.9. The first-order chi connectivity index (χ1) is 37.6. The molecule has 0 amide bonds. The van der Waals surface area contributed by atoms with E-state index in [0.717, 1.165) is 6.42 Å². The van der Waals surface area contributed by atoms with Crippen LogP contribution in [-0.2, 0) is 67.6 Å². The van der Waals surface area contributed by atoms with Crippen molar-refractivity contribution in [1.82, 2.24) is 28.7 Å². The van der Waals surface area contributed by atoms with Crippen LogP contribution < -0.4 is 33.7 Å². The number of phosphoric ester groups is 1. The van der Waals surface area contributed by atoms with E-state index >= 15 is 0 Å². The summed E-state index contributed by atoms with van der Waals surface area (Å²) in [7, 11) is -4.45. The molecule has 26 nitrogen and oxygen atoms in total. The van der Waals surface area contributed by atoms with Crippen molar-refractivity contribution in [2.45, 2.75) is 233 Å². The molecule has 83 heavy (non-hydrogen) atoms. The van der Waals surface area contributed by atoms with Gasteiger partial charge in [-0.2, -0.15) is 0 Å². The molecule has 0 saturated carbocycles. The molecule has 6 fully saturated rings. The fourth-order valence-corrected chi connectivity index (χ4v) is 15.3. The predicted molar refractivity (Wildman–Crippen MR) is 306 cm³/mol. The smallest absolute Gasteiger partial charge is 0.368 e. The first-order valence-electron chi connectivity index (χ1n) is 27.6. The zero-order valence-corrected chi connectivity index (χ0v) is 53.4. The lowest BCUT2D eigenvalue weighted by atomic mass is 9.80. The molecule has 5 unspecified atom stereocenters. The molecule has 468 valence electrons. The van der Waals surface area contributed by atoms with E-state index in [2.05, 4.69) is 56.5 Å². The summed E-state index contributed by atoms with van der Waals surface area (Å²) in [4.78, 5) is 98.7. The molecule has 9 rings (SSSR count). The van der Waals surface area contributed by atoms with Gasteiger partial charge in [-0.25, -0.2) is 18.9 Å². The Morgan fingerprint density at radius 2 is 0.807 bits per heavy atom. The van der Waals surface area contributed by atoms with Gasteiger partial charge in [-0.1, -0.05) is 62.3 Å². The molecule has 9 heterocycles. The third-order valence-corrected chi connectivity index (χ3v) is 16.6. The first kappa shape index (κ1) is 66.9. The van der Waals surface area contributed by atoms with Gasteiger partial charge in [0.2, 0.25) is 0 Å². The van der Waals surface area contributed by atoms with Crippen molar-refractivity contribution in [3.05, 3.63) is 99.3 Å². The standard InChI is InChI=1S/C18H29N2O8P.C18H29N2O7PS.C18H28N2O5/c1-16(2,3)9-18-10-25-12(13(18)27-29(23,24)28-17(4,5)6)14(26-18)20-8-7-11(21)19-15(20)22;1-16(2,3)9-18-10-24-12(13(18)26-28(23,29)27-17(4,5)6)14(25-18)20-8-7-11(21)19-15(20)22;1-16(2,3)9-18-10-23-12(13(18)24-17(4,5)6)14(25-18)20-8-7-11(21)19-15(20)22/h7-8,12-14H,9-10H2,1-6H3,(H,23,24)(H,19,21,22);7-8,12-14H,9-10H2,1-6H3,(H,23,29)(H,19,21,22);7-8,12-14H,9-10H2,1-6H3,(H,19,21,22)/t12-,13?,14+,18-;12-,13?,14+,18-,28?;12-,13?,14+,18-/m000/s1. The lowest BCUT2D eigenvalue weighted by Crippen LogP contribution is -2.47. The highest BCUT2D eigenvalue weighted by atomic mass is 32.5. The second-order valence-corrected chi connectivity index (χ2v) is 32.9. The largest absolute Gasteiger partial charge is 0.473 e. The van der Waals surface area contributed by atoms with Crippen molar-refractivity contribution in [3.8, 4) is 0 Å². The highest BCUT2D eigenvalue weighted by Crippen LogP contribution is 2.60. The maximum absolute atomic E-state index is 12.7. The third-order valence-electron chi connectivity index (χ3n) is 13.5. The van der Waals surface area contributed by atoms with Gasteiger partial charge in [0.05, 0.1) is 36.6 Å². The SMILES string of the molecule is CC(C)(C)C[C@]12CO[C@@H](C1OC(C)(C)C)[C@H](n1ccc(=O)[nH]c1=O)O2.CC(C)(C)C[C@]12CO[C@@H](C1OP(=O)(O)OC(C)(C)C)[C@H](n1ccc(=O)[nH]c1=O)O2.CC(C)(C)C[C@]12CO[C@@H](C1OP(O)(=S)OC(C)(C)C)[C@H](n1ccc(=O)[nH]c1=O)O2. The van der Waals surface area contributed by atoms with Crippen LogP contribution in [0, 0.1) is 16.2 Å². The number of phosphoric acid groups is 1. The van der Waals surface area contributed by atoms with Crippen molar-refractivity contribution >= 4 is 26.3 Å². The van der Waals surface area contributed by atoms with Gasteiger partial charge < -0.3 is 47.5 Å². The third kappa shape index (κ3) is 16.3. The summed E-state index contributed by atoms with van der Waals surface area (Å²) in [6.45, 7) is 32.0. The van der Waals surface area contributed by atoms with Crippen LogP contribution in [0.2, 0.25) is 0 Å². The maximum Gasteiger partial charge on any atom is 0.473 e. The molecule has 3 aromatic heterocycles. The zero-order chi connectivity index (χ0) is 62.3. The molecule has 6 saturated heterocycles. The Morgan fingerprint density at radius 1 is 0.506 bits per heavy atom. The van der Waals surface area contributed by atoms with Crippen molar-refractivity contribution in [2.24, 2.45) is 16.2 Å². The number of ether oxygens (including phenoxy) is 7. The van der Waals surface area contributed by atoms with Gasteiger partial charge in [0.15, 0.2) is 18.7 Å². The van der Waals surface area contributed by atoms with Gasteiger partial charge in [-0.3, -0.25) is 56.6 Å². The minimum absolute atomic E-state index is 0.00258. The fraction of sp³-hybridized carbons (Fsp3) is 0.778. The quantitative estimate of drug-likeness (QED) is 0.126. The zero-order valence-electron chi connectivity index (χ0n) is 50.8. The van der Waals surface area contributed by atoms with Gasteiger partial charge in [-0.15, -0.1) is 0 Å². The minimum atomic E-state index is -4.45. The number of nitrogens with one attached hydrogen (secondary N) is 3. The van der Waals surface area contributed by atoms with Crippen LogP contribution in [0.4, 0.5) is 0 Å². The van der Waals surface area contributed by atoms with Crippen LogP contribution >= 0.6 is 14.5 Å². The molecule has 0 radical (unpaired) electrons. The molecule has 0 spiro atoms. The summed E-state index contributed by atoms with van der Waals surface area (Å²) >= 11 is 5.25. The Hall–Kier alpha value is -3.60. The number of rotatable bonds is 13. The monoisotopic (exact) mass is 1230 g/mol. The average molecular weight is 1230 g/mol. The number of aromatic nitrogens is 6. The van der Waals surface area contributed by atoms with Crippen LogP contribution in [0.5, 0.6) is 0 Å². The summed E-state index contributed by atoms with van der Waals surface area (Å²) in [6.07, 6.45) is -0.391. The highest BCUT2D eigenvalue weighted by Gasteiger charge is 2.68. The Balaban J connectivity index is 0.000000180. The summed E-state index contributed by atoms with van der Waals surface area (Å²) in [5.74, 6) is 0. The second kappa shape index (κ2) is 23.2. The second-order valence-electron chi connectivity index (χ2n) is 28.9. The van der Waals surface area contributed by atoms with Crippen molar-refractivity contribution < 1.29 is 65.6 Å². The van der Waals surface area contributed by atoms with E-state index < -0.39 is 125 Å². The molecule has 6 aliphatic rings. The van der Waals surface area contributed by atoms with E-state index in [1.807, 2.05) is 41.5 Å². The first-order valence-corrected chi connectivity index (χ1v) is 31.7. The lowest BCUT2D eigenvalue weighted by molar-refractivity contribution is -0.189. The fourth-order valence-electron chi connectivity index (χ4n) is 11.7. The molecular weight excluding hydrogens is 1150 g/mol. The minimum Gasteiger partial charge on any atom is -0.368 e. The molecule has 6 bridgehead atoms. The maximum atomic E-state index is 12.7. The van der Waals surface area contributed by atoms with Gasteiger partial charge >= 0.3 is 31.6 Å². The highest BCUT2D eigenvalue weighted by molar-refractivity contribution is 8.07. The Labute approximate surface area is 487 Å². The van der Waals surface area contributed by atoms with E-state index in [-0.39, 0.29) is 41.2 Å². The van der Waals surface area contributed by atoms with Crippen molar-refractivity contribution in [3.63, 3.8) is 0 Å². The molecule has 3 aromatic rings. The Bertz CT molecular complexity index is 3150. The summed E-state index contributed by atoms with van der Waals surface area (Å²) in [6, 6.07) is 3.75. The number of hydrogen-bond acceptors (Lipinski definition) is 19. The topological polar surface area (TPSA) is 324 Å². The van der Waals surface area contributed by atoms with Gasteiger partial charge in [0.1, 0.15) is 53.4 Å². The van der Waals surface area contributed by atoms with E-state index in [4.69, 9.17) is 63.1 Å². The van der Waals surface area contributed by atoms with Crippen LogP contribution in [0.1, 0.15) is 163 Å². The van der Waals surface area contributed by atoms with Gasteiger partial charge in [0, 0.05) is 36.8 Å². The summed E-state index contributed by atoms with van der Waals surface area (Å²) in [5, 5.41) is 0. The van der Waals surface area contributed by atoms with Crippen molar-refractivity contribution in [1.29, 1.82) is 0 Å². The van der Waals surface area contributed by atoms with Crippen LogP contribution in [0.3, 0.4) is 0 Å². The molecule has 14 atom stereocenters. The normalized spacial score (nSPS) is 31.9. The van der Waals surface area contributed by atoms with Crippen LogP contribution in [0.25, 0.3) is 0 Å². The van der Waals surface area contributed by atoms with E-state index in [0.29, 0.717) is 19.4 Å². The number of aromatic amines is 3. The molecule has 0 aromatic carbocycles. The summed E-state index contributed by atoms with van der Waals surface area (Å²) in [5.41, 5.74) is -8.20. The van der Waals surface area contributed by atoms with Gasteiger partial charge in [0.25, 0.3) is 16.7 Å².